The van der Waals surface area contributed by atoms with Gasteiger partial charge < -0.3 is 24.3 Å². The molecule has 132 valence electrons. The molecule has 0 saturated carbocycles. The average molecular weight is 399 g/mol. The van der Waals surface area contributed by atoms with Crippen LogP contribution in [-0.2, 0) is 16.1 Å². The number of likely N-dealkylation sites (tertiary alicyclic amines) is 1. The molecule has 1 atom stereocenters. The van der Waals surface area contributed by atoms with E-state index in [1.54, 1.807) is 7.11 Å². The molecular formula is C17H21BrNO5-. The normalized spacial score (nSPS) is 17.2. The average Bonchev–Trinajstić information content (AvgIpc) is 2.90. The highest BCUT2D eigenvalue weighted by Gasteiger charge is 2.30. The Balaban J connectivity index is 2.12. The highest BCUT2D eigenvalue weighted by Crippen LogP contribution is 2.37. The molecule has 1 heterocycles. The van der Waals surface area contributed by atoms with E-state index in [9.17, 15) is 14.7 Å². The zero-order valence-corrected chi connectivity index (χ0v) is 15.4. The van der Waals surface area contributed by atoms with Crippen molar-refractivity contribution < 1.29 is 24.2 Å². The van der Waals surface area contributed by atoms with E-state index < -0.39 is 11.9 Å². The van der Waals surface area contributed by atoms with Crippen LogP contribution in [0, 0.1) is 5.92 Å². The summed E-state index contributed by atoms with van der Waals surface area (Å²) in [7, 11) is 1.56. The molecule has 1 aliphatic rings. The topological polar surface area (TPSA) is 78.9 Å². The van der Waals surface area contributed by atoms with Crippen LogP contribution in [0.1, 0.15) is 31.7 Å². The minimum atomic E-state index is -1.18. The number of amides is 1. The third-order valence-electron chi connectivity index (χ3n) is 3.95. The lowest BCUT2D eigenvalue weighted by atomic mass is 10.1. The fourth-order valence-corrected chi connectivity index (χ4v) is 3.23. The van der Waals surface area contributed by atoms with Crippen molar-refractivity contribution in [1.82, 2.24) is 4.90 Å². The van der Waals surface area contributed by atoms with Gasteiger partial charge in [0.25, 0.3) is 0 Å². The lowest BCUT2D eigenvalue weighted by molar-refractivity contribution is -0.311. The first-order valence-corrected chi connectivity index (χ1v) is 8.73. The number of carboxylic acid groups (broad SMARTS) is 1. The van der Waals surface area contributed by atoms with Crippen molar-refractivity contribution in [2.75, 3.05) is 20.3 Å². The molecule has 0 radical (unpaired) electrons. The van der Waals surface area contributed by atoms with E-state index in [1.807, 2.05) is 12.1 Å². The van der Waals surface area contributed by atoms with Gasteiger partial charge in [-0.25, -0.2) is 0 Å². The van der Waals surface area contributed by atoms with Gasteiger partial charge in [-0.3, -0.25) is 4.79 Å². The van der Waals surface area contributed by atoms with E-state index >= 15 is 0 Å². The summed E-state index contributed by atoms with van der Waals surface area (Å²) in [5.41, 5.74) is 0.842. The van der Waals surface area contributed by atoms with Gasteiger partial charge in [-0.1, -0.05) is 13.3 Å². The van der Waals surface area contributed by atoms with Crippen molar-refractivity contribution >= 4 is 27.8 Å². The molecule has 0 N–H and O–H groups in total. The SMILES string of the molecule is CCCCOc1c(Br)cc(CN2C[C@H](C(=O)[O-])CC2=O)cc1OC. The number of halogens is 1. The number of ether oxygens (including phenoxy) is 2. The Morgan fingerprint density at radius 2 is 2.21 bits per heavy atom. The second-order valence-electron chi connectivity index (χ2n) is 5.81. The Morgan fingerprint density at radius 3 is 2.79 bits per heavy atom. The summed E-state index contributed by atoms with van der Waals surface area (Å²) in [6.07, 6.45) is 1.98. The minimum absolute atomic E-state index is 0.00114. The van der Waals surface area contributed by atoms with Crippen molar-refractivity contribution in [1.29, 1.82) is 0 Å². The van der Waals surface area contributed by atoms with Crippen molar-refractivity contribution in [3.05, 3.63) is 22.2 Å². The first kappa shape index (κ1) is 18.6. The van der Waals surface area contributed by atoms with Gasteiger partial charge in [-0.05, 0) is 40.0 Å². The molecule has 1 aliphatic heterocycles. The smallest absolute Gasteiger partial charge is 0.223 e. The molecule has 1 fully saturated rings. The van der Waals surface area contributed by atoms with Gasteiger partial charge in [0.15, 0.2) is 11.5 Å². The van der Waals surface area contributed by atoms with Crippen LogP contribution in [0.2, 0.25) is 0 Å². The predicted molar refractivity (Wildman–Crippen MR) is 89.6 cm³/mol. The summed E-state index contributed by atoms with van der Waals surface area (Å²) < 4.78 is 11.9. The van der Waals surface area contributed by atoms with Crippen LogP contribution in [0.25, 0.3) is 0 Å². The summed E-state index contributed by atoms with van der Waals surface area (Å²) in [5, 5.41) is 10.9. The molecule has 1 amide bonds. The van der Waals surface area contributed by atoms with E-state index in [2.05, 4.69) is 22.9 Å². The number of carbonyl (C=O) groups is 2. The number of unbranched alkanes of at least 4 members (excludes halogenated alkanes) is 1. The van der Waals surface area contributed by atoms with E-state index in [0.717, 1.165) is 22.9 Å². The molecule has 0 bridgehead atoms. The van der Waals surface area contributed by atoms with Crippen molar-refractivity contribution in [3.63, 3.8) is 0 Å². The van der Waals surface area contributed by atoms with Crippen molar-refractivity contribution in [2.45, 2.75) is 32.7 Å². The molecule has 24 heavy (non-hydrogen) atoms. The minimum Gasteiger partial charge on any atom is -0.550 e. The summed E-state index contributed by atoms with van der Waals surface area (Å²) in [6.45, 7) is 3.19. The van der Waals surface area contributed by atoms with Gasteiger partial charge in [0.1, 0.15) is 0 Å². The molecule has 1 aromatic carbocycles. The zero-order valence-electron chi connectivity index (χ0n) is 13.8. The van der Waals surface area contributed by atoms with Crippen LogP contribution in [-0.4, -0.2) is 37.0 Å². The van der Waals surface area contributed by atoms with Gasteiger partial charge in [-0.15, -0.1) is 0 Å². The van der Waals surface area contributed by atoms with Gasteiger partial charge >= 0.3 is 0 Å². The first-order valence-electron chi connectivity index (χ1n) is 7.94. The summed E-state index contributed by atoms with van der Waals surface area (Å²) in [5.74, 6) is -0.875. The van der Waals surface area contributed by atoms with Crippen LogP contribution in [0.3, 0.4) is 0 Å². The Bertz CT molecular complexity index is 619. The first-order chi connectivity index (χ1) is 11.5. The van der Waals surface area contributed by atoms with E-state index in [1.165, 1.54) is 4.90 Å². The maximum Gasteiger partial charge on any atom is 0.223 e. The van der Waals surface area contributed by atoms with Gasteiger partial charge in [-0.2, -0.15) is 0 Å². The van der Waals surface area contributed by atoms with Crippen molar-refractivity contribution in [2.24, 2.45) is 5.92 Å². The largest absolute Gasteiger partial charge is 0.550 e. The molecule has 1 saturated heterocycles. The number of hydrogen-bond donors (Lipinski definition) is 0. The maximum atomic E-state index is 11.9. The van der Waals surface area contributed by atoms with Crippen LogP contribution in [0.15, 0.2) is 16.6 Å². The maximum absolute atomic E-state index is 11.9. The summed E-state index contributed by atoms with van der Waals surface area (Å²) in [6, 6.07) is 3.68. The van der Waals surface area contributed by atoms with Crippen molar-refractivity contribution in [3.8, 4) is 11.5 Å². The fourth-order valence-electron chi connectivity index (χ4n) is 2.63. The summed E-state index contributed by atoms with van der Waals surface area (Å²) in [4.78, 5) is 24.4. The van der Waals surface area contributed by atoms with E-state index in [-0.39, 0.29) is 18.9 Å². The Kier molecular flexibility index (Phi) is 6.48. The van der Waals surface area contributed by atoms with Gasteiger partial charge in [0.05, 0.1) is 18.2 Å². The lowest BCUT2D eigenvalue weighted by Crippen LogP contribution is -2.33. The fraction of sp³-hybridized carbons (Fsp3) is 0.529. The predicted octanol–water partition coefficient (Wildman–Crippen LogP) is 1.73. The van der Waals surface area contributed by atoms with E-state index in [4.69, 9.17) is 9.47 Å². The van der Waals surface area contributed by atoms with Crippen LogP contribution < -0.4 is 14.6 Å². The monoisotopic (exact) mass is 398 g/mol. The highest BCUT2D eigenvalue weighted by atomic mass is 79.9. The number of benzene rings is 1. The molecule has 2 rings (SSSR count). The Morgan fingerprint density at radius 1 is 1.46 bits per heavy atom. The Labute approximate surface area is 149 Å². The van der Waals surface area contributed by atoms with Crippen LogP contribution in [0.5, 0.6) is 11.5 Å². The molecule has 0 spiro atoms. The number of carbonyl (C=O) groups excluding carboxylic acids is 2. The van der Waals surface area contributed by atoms with Crippen LogP contribution >= 0.6 is 15.9 Å². The number of nitrogens with zero attached hydrogens (tertiary/aromatic N) is 1. The third-order valence-corrected chi connectivity index (χ3v) is 4.54. The standard InChI is InChI=1S/C17H22BrNO5/c1-3-4-5-24-16-13(18)6-11(7-14(16)23-2)9-19-10-12(17(21)22)8-15(19)20/h6-7,12H,3-5,8-10H2,1-2H3,(H,21,22)/p-1/t12-/m1/s1. The molecule has 6 nitrogen and oxygen atoms in total. The zero-order chi connectivity index (χ0) is 17.7. The lowest BCUT2D eigenvalue weighted by Gasteiger charge is -2.19. The number of aliphatic carboxylic acids is 1. The number of rotatable bonds is 8. The molecule has 0 unspecified atom stereocenters. The molecule has 0 aromatic heterocycles. The summed E-state index contributed by atoms with van der Waals surface area (Å²) >= 11 is 3.48. The van der Waals surface area contributed by atoms with E-state index in [0.29, 0.717) is 24.7 Å². The molecule has 0 aliphatic carbocycles. The molecular weight excluding hydrogens is 378 g/mol. The highest BCUT2D eigenvalue weighted by molar-refractivity contribution is 9.10. The second-order valence-corrected chi connectivity index (χ2v) is 6.66. The quantitative estimate of drug-likeness (QED) is 0.623. The number of hydrogen-bond acceptors (Lipinski definition) is 5. The third kappa shape index (κ3) is 4.41. The number of methoxy groups -OCH3 is 1. The second kappa shape index (κ2) is 8.37. The Hall–Kier alpha value is -1.76. The molecule has 1 aromatic rings. The van der Waals surface area contributed by atoms with Crippen LogP contribution in [0.4, 0.5) is 0 Å². The number of carboxylic acids is 1. The van der Waals surface area contributed by atoms with Gasteiger partial charge in [0.2, 0.25) is 5.91 Å². The molecule has 7 heteroatoms. The van der Waals surface area contributed by atoms with Gasteiger partial charge in [0, 0.05) is 31.4 Å².